The first-order valence-corrected chi connectivity index (χ1v) is 7.65. The second kappa shape index (κ2) is 6.50. The highest BCUT2D eigenvalue weighted by Crippen LogP contribution is 2.40. The van der Waals surface area contributed by atoms with Crippen molar-refractivity contribution in [2.24, 2.45) is 11.5 Å². The zero-order chi connectivity index (χ0) is 19.1. The van der Waals surface area contributed by atoms with E-state index in [1.807, 2.05) is 0 Å². The maximum atomic E-state index is 13.6. The number of alkyl halides is 3. The first-order chi connectivity index (χ1) is 12.2. The van der Waals surface area contributed by atoms with Crippen LogP contribution in [0.15, 0.2) is 30.3 Å². The molecule has 0 bridgehead atoms. The summed E-state index contributed by atoms with van der Waals surface area (Å²) in [6.07, 6.45) is -0.741. The van der Waals surface area contributed by atoms with Gasteiger partial charge in [0.05, 0.1) is 11.0 Å². The third-order valence-electron chi connectivity index (χ3n) is 3.78. The normalized spacial score (nSPS) is 16.3. The van der Waals surface area contributed by atoms with Gasteiger partial charge in [0, 0.05) is 36.0 Å². The number of halogens is 5. The van der Waals surface area contributed by atoms with Crippen LogP contribution in [0.3, 0.4) is 0 Å². The average Bonchev–Trinajstić information content (AvgIpc) is 3.33. The smallest absolute Gasteiger partial charge is 0.422 e. The van der Waals surface area contributed by atoms with E-state index in [9.17, 15) is 22.0 Å². The van der Waals surface area contributed by atoms with Gasteiger partial charge in [0.1, 0.15) is 5.82 Å². The summed E-state index contributed by atoms with van der Waals surface area (Å²) in [4.78, 5) is 4.24. The number of imidazole rings is 1. The maximum absolute atomic E-state index is 13.6. The summed E-state index contributed by atoms with van der Waals surface area (Å²) in [5, 5.41) is 0. The van der Waals surface area contributed by atoms with Crippen molar-refractivity contribution in [3.8, 4) is 0 Å². The van der Waals surface area contributed by atoms with E-state index in [-0.39, 0.29) is 23.0 Å². The van der Waals surface area contributed by atoms with E-state index in [0.717, 1.165) is 37.3 Å². The molecule has 140 valence electrons. The molecule has 1 aromatic heterocycles. The Labute approximate surface area is 144 Å². The number of fused-ring (bicyclic) bond motifs is 1. The van der Waals surface area contributed by atoms with Gasteiger partial charge in [-0.2, -0.15) is 13.2 Å². The summed E-state index contributed by atoms with van der Waals surface area (Å²) >= 11 is 0. The number of hydrogen-bond acceptors (Lipinski definition) is 4. The Morgan fingerprint density at radius 2 is 1.92 bits per heavy atom. The van der Waals surface area contributed by atoms with Gasteiger partial charge >= 0.3 is 6.18 Å². The molecule has 0 unspecified atom stereocenters. The molecule has 1 aliphatic rings. The van der Waals surface area contributed by atoms with E-state index < -0.39 is 30.3 Å². The number of benzene rings is 1. The molecule has 0 spiro atoms. The number of nitrogens with zero attached hydrogens (tertiary/aromatic N) is 2. The highest BCUT2D eigenvalue weighted by atomic mass is 19.4. The predicted molar refractivity (Wildman–Crippen MR) is 84.4 cm³/mol. The third kappa shape index (κ3) is 3.73. The largest absolute Gasteiger partial charge is 0.470 e. The fraction of sp³-hybridized carbons (Fsp3) is 0.312. The third-order valence-corrected chi connectivity index (χ3v) is 3.78. The summed E-state index contributed by atoms with van der Waals surface area (Å²) in [5.74, 6) is -2.33. The maximum Gasteiger partial charge on any atom is 0.422 e. The van der Waals surface area contributed by atoms with Gasteiger partial charge in [0.15, 0.2) is 24.1 Å². The molecule has 1 aliphatic carbocycles. The SMILES string of the molecule is N/C=C(\C=C(/N)OCC(F)(F)F)c1nc2cc(F)c(F)cc2n1C1CC1. The van der Waals surface area contributed by atoms with Crippen LogP contribution in [0, 0.1) is 11.6 Å². The minimum Gasteiger partial charge on any atom is -0.470 e. The molecule has 4 N–H and O–H groups in total. The molecular formula is C16H15F5N4O. The molecule has 0 atom stereocenters. The van der Waals surface area contributed by atoms with E-state index in [0.29, 0.717) is 5.52 Å². The Hall–Kier alpha value is -2.78. The summed E-state index contributed by atoms with van der Waals surface area (Å²) in [6.45, 7) is -1.55. The highest BCUT2D eigenvalue weighted by molar-refractivity contribution is 5.82. The van der Waals surface area contributed by atoms with E-state index in [1.54, 1.807) is 4.57 Å². The zero-order valence-corrected chi connectivity index (χ0v) is 13.4. The minimum absolute atomic E-state index is 0.0144. The molecule has 0 amide bonds. The number of nitrogens with two attached hydrogens (primary N) is 2. The molecule has 0 aliphatic heterocycles. The lowest BCUT2D eigenvalue weighted by Crippen LogP contribution is -2.19. The van der Waals surface area contributed by atoms with E-state index >= 15 is 0 Å². The number of rotatable bonds is 5. The van der Waals surface area contributed by atoms with Crippen LogP contribution < -0.4 is 11.5 Å². The topological polar surface area (TPSA) is 79.1 Å². The lowest BCUT2D eigenvalue weighted by Gasteiger charge is -2.11. The van der Waals surface area contributed by atoms with Crippen LogP contribution in [-0.4, -0.2) is 22.3 Å². The van der Waals surface area contributed by atoms with Crippen LogP contribution in [0.4, 0.5) is 22.0 Å². The van der Waals surface area contributed by atoms with Gasteiger partial charge in [-0.15, -0.1) is 0 Å². The van der Waals surface area contributed by atoms with Crippen molar-refractivity contribution in [3.63, 3.8) is 0 Å². The van der Waals surface area contributed by atoms with Crippen molar-refractivity contribution >= 4 is 16.6 Å². The fourth-order valence-corrected chi connectivity index (χ4v) is 2.54. The van der Waals surface area contributed by atoms with Gasteiger partial charge in [0.25, 0.3) is 0 Å². The summed E-state index contributed by atoms with van der Waals surface area (Å²) in [6, 6.07) is 2.00. The Morgan fingerprint density at radius 1 is 1.27 bits per heavy atom. The fourth-order valence-electron chi connectivity index (χ4n) is 2.54. The Balaban J connectivity index is 2.01. The van der Waals surface area contributed by atoms with Crippen LogP contribution in [0.2, 0.25) is 0 Å². The second-order valence-corrected chi connectivity index (χ2v) is 5.86. The molecular weight excluding hydrogens is 359 g/mol. The quantitative estimate of drug-likeness (QED) is 0.478. The summed E-state index contributed by atoms with van der Waals surface area (Å²) in [5.41, 5.74) is 11.8. The number of aromatic nitrogens is 2. The first kappa shape index (κ1) is 18.0. The van der Waals surface area contributed by atoms with Crippen LogP contribution >= 0.6 is 0 Å². The molecule has 2 aromatic rings. The minimum atomic E-state index is -4.54. The second-order valence-electron chi connectivity index (χ2n) is 5.86. The van der Waals surface area contributed by atoms with Gasteiger partial charge in [-0.3, -0.25) is 0 Å². The predicted octanol–water partition coefficient (Wildman–Crippen LogP) is 3.33. The summed E-state index contributed by atoms with van der Waals surface area (Å²) in [7, 11) is 0. The molecule has 10 heteroatoms. The molecule has 1 saturated carbocycles. The van der Waals surface area contributed by atoms with Crippen molar-refractivity contribution in [1.82, 2.24) is 9.55 Å². The van der Waals surface area contributed by atoms with Crippen molar-refractivity contribution in [1.29, 1.82) is 0 Å². The van der Waals surface area contributed by atoms with E-state index in [1.165, 1.54) is 0 Å². The summed E-state index contributed by atoms with van der Waals surface area (Å²) < 4.78 is 69.9. The molecule has 1 aromatic carbocycles. The van der Waals surface area contributed by atoms with Gasteiger partial charge in [-0.25, -0.2) is 13.8 Å². The van der Waals surface area contributed by atoms with Crippen molar-refractivity contribution in [3.05, 3.63) is 47.8 Å². The van der Waals surface area contributed by atoms with Gasteiger partial charge in [-0.1, -0.05) is 0 Å². The molecule has 3 rings (SSSR count). The van der Waals surface area contributed by atoms with Crippen molar-refractivity contribution in [2.45, 2.75) is 25.1 Å². The van der Waals surface area contributed by atoms with Gasteiger partial charge in [0.2, 0.25) is 0 Å². The molecule has 1 fully saturated rings. The van der Waals surface area contributed by atoms with Crippen molar-refractivity contribution in [2.75, 3.05) is 6.61 Å². The number of hydrogen-bond donors (Lipinski definition) is 2. The van der Waals surface area contributed by atoms with Crippen molar-refractivity contribution < 1.29 is 26.7 Å². The van der Waals surface area contributed by atoms with Crippen LogP contribution in [0.1, 0.15) is 24.7 Å². The Kier molecular flexibility index (Phi) is 4.51. The average molecular weight is 374 g/mol. The standard InChI is InChI=1S/C16H15F5N4O/c17-10-4-12-13(5-11(10)18)25(9-1-2-9)15(24-12)8(6-22)3-14(23)26-7-16(19,20)21/h3-6,9H,1-2,7,22-23H2/b8-6+,14-3+. The van der Waals surface area contributed by atoms with E-state index in [4.69, 9.17) is 11.5 Å². The lowest BCUT2D eigenvalue weighted by atomic mass is 10.2. The monoisotopic (exact) mass is 374 g/mol. The molecule has 26 heavy (non-hydrogen) atoms. The van der Waals surface area contributed by atoms with Crippen LogP contribution in [0.25, 0.3) is 16.6 Å². The van der Waals surface area contributed by atoms with Gasteiger partial charge in [-0.05, 0) is 12.8 Å². The lowest BCUT2D eigenvalue weighted by molar-refractivity contribution is -0.165. The first-order valence-electron chi connectivity index (χ1n) is 7.65. The van der Waals surface area contributed by atoms with Crippen LogP contribution in [0.5, 0.6) is 0 Å². The van der Waals surface area contributed by atoms with Crippen LogP contribution in [-0.2, 0) is 4.74 Å². The molecule has 0 radical (unpaired) electrons. The number of allylic oxidation sites excluding steroid dienone is 2. The van der Waals surface area contributed by atoms with E-state index in [2.05, 4.69) is 9.72 Å². The molecule has 0 saturated heterocycles. The highest BCUT2D eigenvalue weighted by Gasteiger charge is 2.30. The number of ether oxygens (including phenoxy) is 1. The molecule has 1 heterocycles. The Bertz CT molecular complexity index is 896. The Morgan fingerprint density at radius 3 is 2.50 bits per heavy atom. The zero-order valence-electron chi connectivity index (χ0n) is 13.4. The molecule has 5 nitrogen and oxygen atoms in total. The van der Waals surface area contributed by atoms with Gasteiger partial charge < -0.3 is 20.8 Å².